The summed E-state index contributed by atoms with van der Waals surface area (Å²) >= 11 is 0. The molecule has 0 amide bonds. The van der Waals surface area contributed by atoms with E-state index in [2.05, 4.69) is 0 Å². The first kappa shape index (κ1) is 23.1. The first-order valence-electron chi connectivity index (χ1n) is 9.59. The molecule has 8 nitrogen and oxygen atoms in total. The first-order valence-corrected chi connectivity index (χ1v) is 11.0. The summed E-state index contributed by atoms with van der Waals surface area (Å²) in [5, 5.41) is 9.58. The molecule has 0 saturated heterocycles. The number of rotatable bonds is 6. The van der Waals surface area contributed by atoms with E-state index in [9.17, 15) is 18.3 Å². The van der Waals surface area contributed by atoms with Crippen LogP contribution in [-0.2, 0) is 26.3 Å². The number of nitrogens with one attached hydrogen (secondary N) is 1. The first-order chi connectivity index (χ1) is 14.9. The molecular weight excluding hydrogens is 439 g/mol. The minimum Gasteiger partial charge on any atom is -0.493 e. The molecule has 0 aliphatic carbocycles. The van der Waals surface area contributed by atoms with Gasteiger partial charge in [0.2, 0.25) is 5.88 Å². The second-order valence-corrected chi connectivity index (χ2v) is 9.46. The molecule has 10 heteroatoms. The summed E-state index contributed by atoms with van der Waals surface area (Å²) in [4.78, 5) is 11.9. The Kier molecular flexibility index (Phi) is 6.45. The molecule has 3 rings (SSSR count). The quantitative estimate of drug-likeness (QED) is 0.500. The molecule has 1 aliphatic rings. The fourth-order valence-electron chi connectivity index (χ4n) is 2.82. The maximum atomic E-state index is 15.1. The number of aliphatic hydroxyl groups is 1. The number of carbonyl (C=O) groups excluding carboxylic acids is 1. The normalized spacial score (nSPS) is 15.4. The van der Waals surface area contributed by atoms with Gasteiger partial charge in [-0.1, -0.05) is 30.3 Å². The number of hydrogen-bond acceptors (Lipinski definition) is 6. The van der Waals surface area contributed by atoms with Crippen LogP contribution >= 0.6 is 0 Å². The van der Waals surface area contributed by atoms with Crippen LogP contribution in [0.2, 0.25) is 0 Å². The van der Waals surface area contributed by atoms with E-state index in [1.165, 1.54) is 12.1 Å². The Labute approximate surface area is 185 Å². The van der Waals surface area contributed by atoms with Crippen molar-refractivity contribution < 1.29 is 32.2 Å². The predicted octanol–water partition coefficient (Wildman–Crippen LogP) is 3.77. The molecule has 170 valence electrons. The van der Waals surface area contributed by atoms with Crippen molar-refractivity contribution in [2.24, 2.45) is 0 Å². The molecule has 0 saturated carbocycles. The average molecular weight is 462 g/mol. The SMILES string of the molecule is CC(C)(C)OC(=O)C=Cc1cc(F)c(N2C=C(O)NS2(=O)=O)c(OCc2ccccc2)c1. The standard InChI is InChI=1S/C22H23FN2O6S/c1-22(2,3)31-20(27)10-9-16-11-17(23)21(25-13-19(26)24-32(25,28)29)18(12-16)30-14-15-7-5-4-6-8-15/h4-13,24,26H,14H2,1-3H3. The van der Waals surface area contributed by atoms with Gasteiger partial charge in [-0.25, -0.2) is 18.2 Å². The molecule has 0 radical (unpaired) electrons. The van der Waals surface area contributed by atoms with Crippen LogP contribution in [0.15, 0.2) is 60.6 Å². The lowest BCUT2D eigenvalue weighted by molar-refractivity contribution is -0.148. The maximum absolute atomic E-state index is 15.1. The van der Waals surface area contributed by atoms with Crippen molar-refractivity contribution in [1.82, 2.24) is 4.72 Å². The van der Waals surface area contributed by atoms with Crippen molar-refractivity contribution in [1.29, 1.82) is 0 Å². The van der Waals surface area contributed by atoms with Gasteiger partial charge in [-0.05, 0) is 50.1 Å². The van der Waals surface area contributed by atoms with Gasteiger partial charge in [-0.15, -0.1) is 0 Å². The Bertz CT molecular complexity index is 1170. The van der Waals surface area contributed by atoms with Crippen LogP contribution in [0.3, 0.4) is 0 Å². The molecule has 1 heterocycles. The number of nitrogens with zero attached hydrogens (tertiary/aromatic N) is 1. The number of anilines is 1. The zero-order chi connectivity index (χ0) is 23.5. The highest BCUT2D eigenvalue weighted by Crippen LogP contribution is 2.37. The number of halogens is 1. The van der Waals surface area contributed by atoms with Crippen molar-refractivity contribution >= 4 is 27.9 Å². The van der Waals surface area contributed by atoms with Gasteiger partial charge < -0.3 is 14.6 Å². The third kappa shape index (κ3) is 5.79. The summed E-state index contributed by atoms with van der Waals surface area (Å²) in [5.74, 6) is -2.31. The third-order valence-corrected chi connectivity index (χ3v) is 5.33. The lowest BCUT2D eigenvalue weighted by Crippen LogP contribution is -2.30. The second kappa shape index (κ2) is 8.91. The largest absolute Gasteiger partial charge is 0.493 e. The van der Waals surface area contributed by atoms with E-state index in [0.29, 0.717) is 4.31 Å². The summed E-state index contributed by atoms with van der Waals surface area (Å²) in [6.07, 6.45) is 3.31. The Morgan fingerprint density at radius 3 is 2.50 bits per heavy atom. The van der Waals surface area contributed by atoms with E-state index < -0.39 is 39.2 Å². The number of hydrogen-bond donors (Lipinski definition) is 2. The highest BCUT2D eigenvalue weighted by Gasteiger charge is 2.33. The van der Waals surface area contributed by atoms with Crippen LogP contribution < -0.4 is 13.8 Å². The van der Waals surface area contributed by atoms with Crippen molar-refractivity contribution in [3.8, 4) is 5.75 Å². The highest BCUT2D eigenvalue weighted by atomic mass is 32.2. The van der Waals surface area contributed by atoms with Gasteiger partial charge in [-0.3, -0.25) is 0 Å². The summed E-state index contributed by atoms with van der Waals surface area (Å²) in [5.41, 5.74) is -0.0782. The number of aliphatic hydroxyl groups excluding tert-OH is 1. The van der Waals surface area contributed by atoms with E-state index in [1.807, 2.05) is 10.8 Å². The van der Waals surface area contributed by atoms with Gasteiger partial charge in [0.25, 0.3) is 0 Å². The molecule has 2 N–H and O–H groups in total. The van der Waals surface area contributed by atoms with Crippen molar-refractivity contribution in [2.75, 3.05) is 4.31 Å². The fraction of sp³-hybridized carbons (Fsp3) is 0.227. The van der Waals surface area contributed by atoms with Crippen LogP contribution in [-0.4, -0.2) is 25.1 Å². The van der Waals surface area contributed by atoms with Gasteiger partial charge in [0.15, 0.2) is 5.82 Å². The van der Waals surface area contributed by atoms with Gasteiger partial charge in [0, 0.05) is 6.08 Å². The Morgan fingerprint density at radius 2 is 1.91 bits per heavy atom. The third-order valence-electron chi connectivity index (χ3n) is 4.06. The topological polar surface area (TPSA) is 105 Å². The van der Waals surface area contributed by atoms with Gasteiger partial charge in [0.05, 0.1) is 6.20 Å². The molecule has 2 aromatic rings. The average Bonchev–Trinajstić information content (AvgIpc) is 2.95. The zero-order valence-corrected chi connectivity index (χ0v) is 18.5. The van der Waals surface area contributed by atoms with Gasteiger partial charge in [-0.2, -0.15) is 8.42 Å². The fourth-order valence-corrected chi connectivity index (χ4v) is 3.89. The van der Waals surface area contributed by atoms with Crippen molar-refractivity contribution in [3.05, 3.63) is 77.6 Å². The van der Waals surface area contributed by atoms with E-state index >= 15 is 4.39 Å². The molecule has 1 aliphatic heterocycles. The molecule has 0 spiro atoms. The molecule has 2 aromatic carbocycles. The van der Waals surface area contributed by atoms with E-state index in [0.717, 1.165) is 23.9 Å². The Morgan fingerprint density at radius 1 is 1.22 bits per heavy atom. The van der Waals surface area contributed by atoms with E-state index in [1.54, 1.807) is 45.0 Å². The maximum Gasteiger partial charge on any atom is 0.331 e. The summed E-state index contributed by atoms with van der Waals surface area (Å²) in [7, 11) is -4.25. The Balaban J connectivity index is 1.98. The molecule has 0 fully saturated rings. The second-order valence-electron chi connectivity index (χ2n) is 7.91. The molecule has 0 bridgehead atoms. The predicted molar refractivity (Wildman–Crippen MR) is 117 cm³/mol. The zero-order valence-electron chi connectivity index (χ0n) is 17.7. The van der Waals surface area contributed by atoms with Crippen LogP contribution in [0.25, 0.3) is 6.08 Å². The van der Waals surface area contributed by atoms with Gasteiger partial charge in [0.1, 0.15) is 23.6 Å². The lowest BCUT2D eigenvalue weighted by Gasteiger charge is -2.20. The van der Waals surface area contributed by atoms with E-state index in [-0.39, 0.29) is 17.9 Å². The van der Waals surface area contributed by atoms with Crippen LogP contribution in [0, 0.1) is 5.82 Å². The Hall–Kier alpha value is -3.53. The molecule has 0 unspecified atom stereocenters. The van der Waals surface area contributed by atoms with Gasteiger partial charge >= 0.3 is 16.2 Å². The monoisotopic (exact) mass is 462 g/mol. The van der Waals surface area contributed by atoms with Crippen LogP contribution in [0.5, 0.6) is 5.75 Å². The minimum atomic E-state index is -4.25. The smallest absolute Gasteiger partial charge is 0.331 e. The van der Waals surface area contributed by atoms with Crippen LogP contribution in [0.1, 0.15) is 31.9 Å². The van der Waals surface area contributed by atoms with Crippen LogP contribution in [0.4, 0.5) is 10.1 Å². The minimum absolute atomic E-state index is 0.0313. The summed E-state index contributed by atoms with van der Waals surface area (Å²) in [6.45, 7) is 5.19. The summed E-state index contributed by atoms with van der Waals surface area (Å²) < 4.78 is 53.0. The molecule has 32 heavy (non-hydrogen) atoms. The molecule has 0 aromatic heterocycles. The lowest BCUT2D eigenvalue weighted by atomic mass is 10.1. The summed E-state index contributed by atoms with van der Waals surface area (Å²) in [6, 6.07) is 11.5. The number of carbonyl (C=O) groups is 1. The number of benzene rings is 2. The number of esters is 1. The van der Waals surface area contributed by atoms with Crippen molar-refractivity contribution in [3.63, 3.8) is 0 Å². The van der Waals surface area contributed by atoms with Crippen molar-refractivity contribution in [2.45, 2.75) is 33.0 Å². The van der Waals surface area contributed by atoms with E-state index in [4.69, 9.17) is 9.47 Å². The number of ether oxygens (including phenoxy) is 2. The molecule has 0 atom stereocenters. The highest BCUT2D eigenvalue weighted by molar-refractivity contribution is 7.91. The molecular formula is C22H23FN2O6S.